The van der Waals surface area contributed by atoms with E-state index in [0.29, 0.717) is 24.2 Å². The highest BCUT2D eigenvalue weighted by Crippen LogP contribution is 2.41. The number of alkyl halides is 3. The number of nitrogens with zero attached hydrogens (tertiary/aromatic N) is 4. The zero-order chi connectivity index (χ0) is 30.6. The molecule has 43 heavy (non-hydrogen) atoms. The Labute approximate surface area is 251 Å². The molecule has 1 saturated carbocycles. The van der Waals surface area contributed by atoms with E-state index in [1.54, 1.807) is 6.07 Å². The summed E-state index contributed by atoms with van der Waals surface area (Å²) >= 11 is 0. The van der Waals surface area contributed by atoms with Gasteiger partial charge in [-0.05, 0) is 70.8 Å². The van der Waals surface area contributed by atoms with Gasteiger partial charge in [0.1, 0.15) is 30.3 Å². The molecular weight excluding hydrogens is 567 g/mol. The highest BCUT2D eigenvalue weighted by atomic mass is 19.4. The summed E-state index contributed by atoms with van der Waals surface area (Å²) in [6.07, 6.45) is -2.88. The minimum atomic E-state index is -4.72. The topological polar surface area (TPSA) is 122 Å². The molecule has 6 rings (SSSR count). The van der Waals surface area contributed by atoms with Crippen LogP contribution in [0.1, 0.15) is 39.0 Å². The Bertz CT molecular complexity index is 1130. The second kappa shape index (κ2) is 12.1. The van der Waals surface area contributed by atoms with E-state index >= 15 is 0 Å². The quantitative estimate of drug-likeness (QED) is 0.281. The fourth-order valence-electron chi connectivity index (χ4n) is 7.82. The molecule has 4 unspecified atom stereocenters. The van der Waals surface area contributed by atoms with Crippen LogP contribution in [0.15, 0.2) is 18.2 Å². The number of hydrogen-bond acceptors (Lipinski definition) is 11. The van der Waals surface area contributed by atoms with Crippen LogP contribution in [-0.2, 0) is 4.74 Å². The summed E-state index contributed by atoms with van der Waals surface area (Å²) in [4.78, 5) is 8.99. The Morgan fingerprint density at radius 3 is 2.60 bits per heavy atom. The highest BCUT2D eigenvalue weighted by molar-refractivity contribution is 5.75. The summed E-state index contributed by atoms with van der Waals surface area (Å²) in [5.74, 6) is 0.566. The molecule has 1 aliphatic carbocycles. The molecule has 8 atom stereocenters. The maximum atomic E-state index is 12.5. The average molecular weight is 614 g/mol. The smallest absolute Gasteiger partial charge is 0.406 e. The number of ether oxygens (including phenoxy) is 2. The van der Waals surface area contributed by atoms with Crippen molar-refractivity contribution in [1.82, 2.24) is 19.6 Å². The van der Waals surface area contributed by atoms with Crippen LogP contribution in [0.4, 0.5) is 24.5 Å². The standard InChI is InChI=1S/C29H46F3N7O4/c1-4-38-15-37(3)26(33)19-9-10-39(27(19)38)28-25(41)24(40)22(42-28)14-36(2)17-11-16(12-17)5-8-23-34-20-7-6-18(13-21(20)35-23)43-29(30,31)32/h6-7,13,16-17,19,22-28,34-35,40-41H,4-5,8-12,14-15,33H2,1-3H3/t16?,17?,19?,22-,23?,24-,25-,26?,27?,28-/m1/s1. The monoisotopic (exact) mass is 613 g/mol. The molecule has 242 valence electrons. The molecule has 11 nitrogen and oxygen atoms in total. The van der Waals surface area contributed by atoms with Gasteiger partial charge in [-0.2, -0.15) is 0 Å². The van der Waals surface area contributed by atoms with Gasteiger partial charge in [0, 0.05) is 31.1 Å². The number of aliphatic hydroxyl groups is 2. The number of nitrogens with one attached hydrogen (secondary N) is 2. The normalized spacial score (nSPS) is 38.5. The fourth-order valence-corrected chi connectivity index (χ4v) is 7.82. The van der Waals surface area contributed by atoms with Crippen molar-refractivity contribution in [2.24, 2.45) is 17.6 Å². The number of halogens is 3. The van der Waals surface area contributed by atoms with Crippen LogP contribution in [0.2, 0.25) is 0 Å². The summed E-state index contributed by atoms with van der Waals surface area (Å²) in [5.41, 5.74) is 7.91. The molecule has 6 N–H and O–H groups in total. The molecule has 14 heteroatoms. The number of nitrogens with two attached hydrogens (primary N) is 1. The van der Waals surface area contributed by atoms with Crippen molar-refractivity contribution in [2.75, 3.05) is 51.0 Å². The van der Waals surface area contributed by atoms with Gasteiger partial charge in [0.05, 0.1) is 36.5 Å². The predicted octanol–water partition coefficient (Wildman–Crippen LogP) is 1.84. The number of anilines is 2. The Morgan fingerprint density at radius 1 is 1.14 bits per heavy atom. The molecular formula is C29H46F3N7O4. The summed E-state index contributed by atoms with van der Waals surface area (Å²) in [6.45, 7) is 5.07. The van der Waals surface area contributed by atoms with Crippen LogP contribution in [0, 0.1) is 11.8 Å². The number of rotatable bonds is 9. The molecule has 3 saturated heterocycles. The molecule has 5 aliphatic rings. The minimum absolute atomic E-state index is 0.0405. The van der Waals surface area contributed by atoms with E-state index in [1.165, 1.54) is 12.1 Å². The summed E-state index contributed by atoms with van der Waals surface area (Å²) in [6, 6.07) is 4.66. The van der Waals surface area contributed by atoms with Crippen molar-refractivity contribution < 1.29 is 32.9 Å². The molecule has 0 aromatic heterocycles. The lowest BCUT2D eigenvalue weighted by atomic mass is 9.76. The van der Waals surface area contributed by atoms with Crippen molar-refractivity contribution in [2.45, 2.75) is 94.5 Å². The van der Waals surface area contributed by atoms with Crippen LogP contribution in [0.3, 0.4) is 0 Å². The molecule has 0 amide bonds. The summed E-state index contributed by atoms with van der Waals surface area (Å²) in [7, 11) is 4.10. The maximum absolute atomic E-state index is 12.5. The number of aliphatic hydroxyl groups excluding tert-OH is 2. The second-order valence-corrected chi connectivity index (χ2v) is 13.0. The van der Waals surface area contributed by atoms with Crippen molar-refractivity contribution in [1.29, 1.82) is 0 Å². The largest absolute Gasteiger partial charge is 0.573 e. The van der Waals surface area contributed by atoms with E-state index in [0.717, 1.165) is 57.5 Å². The minimum Gasteiger partial charge on any atom is -0.406 e. The van der Waals surface area contributed by atoms with Crippen molar-refractivity contribution in [3.8, 4) is 5.75 Å². The van der Waals surface area contributed by atoms with Gasteiger partial charge in [-0.1, -0.05) is 6.92 Å². The van der Waals surface area contributed by atoms with Crippen LogP contribution >= 0.6 is 0 Å². The zero-order valence-electron chi connectivity index (χ0n) is 25.1. The third-order valence-corrected chi connectivity index (χ3v) is 10.3. The van der Waals surface area contributed by atoms with Gasteiger partial charge in [-0.3, -0.25) is 14.7 Å². The van der Waals surface area contributed by atoms with Gasteiger partial charge in [-0.25, -0.2) is 0 Å². The summed E-state index contributed by atoms with van der Waals surface area (Å²) in [5, 5.41) is 28.6. The molecule has 0 bridgehead atoms. The first-order chi connectivity index (χ1) is 20.4. The van der Waals surface area contributed by atoms with E-state index in [4.69, 9.17) is 10.5 Å². The third-order valence-electron chi connectivity index (χ3n) is 10.3. The van der Waals surface area contributed by atoms with Gasteiger partial charge in [0.2, 0.25) is 0 Å². The summed E-state index contributed by atoms with van der Waals surface area (Å²) < 4.78 is 48.1. The molecule has 0 spiro atoms. The highest BCUT2D eigenvalue weighted by Gasteiger charge is 2.54. The molecule has 0 radical (unpaired) electrons. The van der Waals surface area contributed by atoms with Gasteiger partial charge < -0.3 is 41.0 Å². The van der Waals surface area contributed by atoms with Crippen LogP contribution in [0.5, 0.6) is 5.75 Å². The van der Waals surface area contributed by atoms with Crippen molar-refractivity contribution in [3.63, 3.8) is 0 Å². The number of likely N-dealkylation sites (tertiary alicyclic amines) is 1. The van der Waals surface area contributed by atoms with Crippen LogP contribution < -0.4 is 21.1 Å². The first-order valence-electron chi connectivity index (χ1n) is 15.5. The second-order valence-electron chi connectivity index (χ2n) is 13.0. The van der Waals surface area contributed by atoms with Gasteiger partial charge in [0.15, 0.2) is 0 Å². The Balaban J connectivity index is 0.952. The fraction of sp³-hybridized carbons (Fsp3) is 0.793. The van der Waals surface area contributed by atoms with Gasteiger partial charge >= 0.3 is 6.36 Å². The number of hydrogen-bond donors (Lipinski definition) is 5. The van der Waals surface area contributed by atoms with Crippen LogP contribution in [-0.4, -0.2) is 126 Å². The maximum Gasteiger partial charge on any atom is 0.573 e. The van der Waals surface area contributed by atoms with Gasteiger partial charge in [-0.15, -0.1) is 13.2 Å². The Kier molecular flexibility index (Phi) is 8.76. The third kappa shape index (κ3) is 6.30. The molecule has 1 aromatic carbocycles. The molecule has 1 aromatic rings. The molecule has 4 aliphatic heterocycles. The SMILES string of the molecule is CCN1CN(C)C(N)C2CCN([C@@H]3O[C@H](CN(C)C4CC(CCC5Nc6ccc(OC(F)(F)F)cc6N5)C4)[C@@H](O)[C@H]3O)C21. The van der Waals surface area contributed by atoms with E-state index in [9.17, 15) is 23.4 Å². The molecule has 4 heterocycles. The Hall–Kier alpha value is -1.91. The van der Waals surface area contributed by atoms with E-state index in [2.05, 4.69) is 48.9 Å². The van der Waals surface area contributed by atoms with E-state index < -0.39 is 30.9 Å². The lowest BCUT2D eigenvalue weighted by molar-refractivity contribution is -0.274. The lowest BCUT2D eigenvalue weighted by Crippen LogP contribution is -2.65. The molecule has 4 fully saturated rings. The Morgan fingerprint density at radius 2 is 1.88 bits per heavy atom. The zero-order valence-corrected chi connectivity index (χ0v) is 25.1. The van der Waals surface area contributed by atoms with Crippen molar-refractivity contribution in [3.05, 3.63) is 18.2 Å². The van der Waals surface area contributed by atoms with Crippen LogP contribution in [0.25, 0.3) is 0 Å². The first kappa shape index (κ1) is 31.1. The number of benzene rings is 1. The van der Waals surface area contributed by atoms with Crippen molar-refractivity contribution >= 4 is 11.4 Å². The van der Waals surface area contributed by atoms with E-state index in [1.807, 2.05) is 7.05 Å². The van der Waals surface area contributed by atoms with E-state index in [-0.39, 0.29) is 30.2 Å². The lowest BCUT2D eigenvalue weighted by Gasteiger charge is -2.49. The number of likely N-dealkylation sites (N-methyl/N-ethyl adjacent to an activating group) is 1. The van der Waals surface area contributed by atoms with Gasteiger partial charge in [0.25, 0.3) is 0 Å². The number of fused-ring (bicyclic) bond motifs is 2. The predicted molar refractivity (Wildman–Crippen MR) is 155 cm³/mol. The average Bonchev–Trinajstić information content (AvgIpc) is 3.61. The first-order valence-corrected chi connectivity index (χ1v) is 15.5.